The number of halogens is 1. The van der Waals surface area contributed by atoms with Crippen LogP contribution in [0, 0.1) is 0 Å². The Morgan fingerprint density at radius 3 is 2.79 bits per heavy atom. The Hall–Kier alpha value is -1.07. The minimum absolute atomic E-state index is 0.315. The van der Waals surface area contributed by atoms with E-state index in [1.807, 2.05) is 6.07 Å². The number of aromatic carboxylic acids is 1. The molecule has 1 aliphatic rings. The number of carboxylic acids is 1. The van der Waals surface area contributed by atoms with Crippen LogP contribution in [0.25, 0.3) is 0 Å². The standard InChI is InChI=1S/C14H19BrN2O2/c1-10-9-16(2)6-3-7-17(10)13-5-4-11(14(18)19)8-12(13)15/h4-5,8,10H,3,6-7,9H2,1-2H3,(H,18,19). The molecule has 2 rings (SSSR count). The number of benzene rings is 1. The fraction of sp³-hybridized carbons (Fsp3) is 0.500. The zero-order valence-electron chi connectivity index (χ0n) is 11.3. The third-order valence-corrected chi connectivity index (χ3v) is 4.19. The molecule has 0 radical (unpaired) electrons. The van der Waals surface area contributed by atoms with E-state index in [0.29, 0.717) is 11.6 Å². The molecule has 4 nitrogen and oxygen atoms in total. The van der Waals surface area contributed by atoms with Gasteiger partial charge in [-0.2, -0.15) is 0 Å². The van der Waals surface area contributed by atoms with Crippen molar-refractivity contribution in [2.24, 2.45) is 0 Å². The van der Waals surface area contributed by atoms with Crippen LogP contribution in [-0.2, 0) is 0 Å². The van der Waals surface area contributed by atoms with Gasteiger partial charge in [0, 0.05) is 23.6 Å². The predicted molar refractivity (Wildman–Crippen MR) is 80.0 cm³/mol. The molecular weight excluding hydrogens is 308 g/mol. The molecule has 1 N–H and O–H groups in total. The summed E-state index contributed by atoms with van der Waals surface area (Å²) in [7, 11) is 2.14. The summed E-state index contributed by atoms with van der Waals surface area (Å²) in [6.45, 7) is 5.33. The number of hydrogen-bond acceptors (Lipinski definition) is 3. The number of anilines is 1. The van der Waals surface area contributed by atoms with E-state index < -0.39 is 5.97 Å². The van der Waals surface area contributed by atoms with Crippen LogP contribution in [0.2, 0.25) is 0 Å². The van der Waals surface area contributed by atoms with E-state index >= 15 is 0 Å². The molecule has 1 fully saturated rings. The molecule has 1 unspecified atom stereocenters. The first-order valence-corrected chi connectivity index (χ1v) is 7.26. The van der Waals surface area contributed by atoms with Gasteiger partial charge in [-0.05, 0) is 61.1 Å². The van der Waals surface area contributed by atoms with Crippen molar-refractivity contribution in [2.75, 3.05) is 31.6 Å². The Labute approximate surface area is 122 Å². The number of carbonyl (C=O) groups is 1. The number of rotatable bonds is 2. The maximum absolute atomic E-state index is 11.0. The summed E-state index contributed by atoms with van der Waals surface area (Å²) in [5.74, 6) is -0.893. The smallest absolute Gasteiger partial charge is 0.335 e. The fourth-order valence-corrected chi connectivity index (χ4v) is 3.21. The third-order valence-electron chi connectivity index (χ3n) is 3.55. The summed E-state index contributed by atoms with van der Waals surface area (Å²) in [6.07, 6.45) is 1.12. The Kier molecular flexibility index (Phi) is 4.47. The highest BCUT2D eigenvalue weighted by Crippen LogP contribution is 2.30. The van der Waals surface area contributed by atoms with Crippen LogP contribution in [-0.4, -0.2) is 48.7 Å². The van der Waals surface area contributed by atoms with Crippen LogP contribution in [0.5, 0.6) is 0 Å². The van der Waals surface area contributed by atoms with Gasteiger partial charge in [0.1, 0.15) is 0 Å². The maximum atomic E-state index is 11.0. The second-order valence-electron chi connectivity index (χ2n) is 5.13. The molecule has 1 aromatic carbocycles. The van der Waals surface area contributed by atoms with Crippen molar-refractivity contribution in [3.8, 4) is 0 Å². The lowest BCUT2D eigenvalue weighted by Crippen LogP contribution is -2.38. The van der Waals surface area contributed by atoms with Gasteiger partial charge in [-0.15, -0.1) is 0 Å². The van der Waals surface area contributed by atoms with Crippen LogP contribution >= 0.6 is 15.9 Å². The van der Waals surface area contributed by atoms with E-state index in [-0.39, 0.29) is 0 Å². The molecule has 0 bridgehead atoms. The van der Waals surface area contributed by atoms with Crippen molar-refractivity contribution in [3.05, 3.63) is 28.2 Å². The van der Waals surface area contributed by atoms with Crippen LogP contribution in [0.15, 0.2) is 22.7 Å². The van der Waals surface area contributed by atoms with E-state index in [2.05, 4.69) is 39.7 Å². The van der Waals surface area contributed by atoms with Gasteiger partial charge in [0.2, 0.25) is 0 Å². The lowest BCUT2D eigenvalue weighted by molar-refractivity contribution is 0.0697. The van der Waals surface area contributed by atoms with E-state index in [0.717, 1.165) is 36.2 Å². The summed E-state index contributed by atoms with van der Waals surface area (Å²) >= 11 is 3.50. The Morgan fingerprint density at radius 2 is 2.16 bits per heavy atom. The first-order valence-electron chi connectivity index (χ1n) is 6.47. The topological polar surface area (TPSA) is 43.8 Å². The summed E-state index contributed by atoms with van der Waals surface area (Å²) in [6, 6.07) is 5.66. The molecule has 1 heterocycles. The number of nitrogens with zero attached hydrogens (tertiary/aromatic N) is 2. The minimum atomic E-state index is -0.893. The normalized spacial score (nSPS) is 21.2. The second kappa shape index (κ2) is 5.92. The molecular formula is C14H19BrN2O2. The van der Waals surface area contributed by atoms with Crippen molar-refractivity contribution in [1.29, 1.82) is 0 Å². The third kappa shape index (κ3) is 3.28. The zero-order chi connectivity index (χ0) is 14.0. The molecule has 0 aliphatic carbocycles. The van der Waals surface area contributed by atoms with Gasteiger partial charge in [0.05, 0.1) is 11.3 Å². The molecule has 0 amide bonds. The first kappa shape index (κ1) is 14.3. The quantitative estimate of drug-likeness (QED) is 0.907. The molecule has 104 valence electrons. The minimum Gasteiger partial charge on any atom is -0.478 e. The average Bonchev–Trinajstić information content (AvgIpc) is 2.50. The Balaban J connectivity index is 2.27. The van der Waals surface area contributed by atoms with Crippen LogP contribution < -0.4 is 4.90 Å². The van der Waals surface area contributed by atoms with Crippen LogP contribution in [0.3, 0.4) is 0 Å². The van der Waals surface area contributed by atoms with Crippen molar-refractivity contribution in [2.45, 2.75) is 19.4 Å². The first-order chi connectivity index (χ1) is 8.99. The lowest BCUT2D eigenvalue weighted by Gasteiger charge is -2.31. The van der Waals surface area contributed by atoms with Gasteiger partial charge in [-0.25, -0.2) is 4.79 Å². The summed E-state index contributed by atoms with van der Waals surface area (Å²) < 4.78 is 0.851. The molecule has 1 atom stereocenters. The van der Waals surface area contributed by atoms with E-state index in [4.69, 9.17) is 5.11 Å². The molecule has 19 heavy (non-hydrogen) atoms. The Bertz CT molecular complexity index is 479. The Morgan fingerprint density at radius 1 is 1.42 bits per heavy atom. The molecule has 0 saturated carbocycles. The average molecular weight is 327 g/mol. The monoisotopic (exact) mass is 326 g/mol. The van der Waals surface area contributed by atoms with Crippen molar-refractivity contribution in [3.63, 3.8) is 0 Å². The molecule has 0 aromatic heterocycles. The SMILES string of the molecule is CC1CN(C)CCCN1c1ccc(C(=O)O)cc1Br. The van der Waals surface area contributed by atoms with E-state index in [1.165, 1.54) is 0 Å². The summed E-state index contributed by atoms with van der Waals surface area (Å²) in [5, 5.41) is 9.00. The van der Waals surface area contributed by atoms with Crippen molar-refractivity contribution < 1.29 is 9.90 Å². The highest BCUT2D eigenvalue weighted by molar-refractivity contribution is 9.10. The molecule has 1 saturated heterocycles. The van der Waals surface area contributed by atoms with Gasteiger partial charge in [0.15, 0.2) is 0 Å². The largest absolute Gasteiger partial charge is 0.478 e. The van der Waals surface area contributed by atoms with Crippen LogP contribution in [0.4, 0.5) is 5.69 Å². The van der Waals surface area contributed by atoms with Crippen LogP contribution in [0.1, 0.15) is 23.7 Å². The van der Waals surface area contributed by atoms with Crippen molar-refractivity contribution in [1.82, 2.24) is 4.90 Å². The fourth-order valence-electron chi connectivity index (χ4n) is 2.60. The number of likely N-dealkylation sites (N-methyl/N-ethyl adjacent to an activating group) is 1. The highest BCUT2D eigenvalue weighted by Gasteiger charge is 2.21. The number of hydrogen-bond donors (Lipinski definition) is 1. The lowest BCUT2D eigenvalue weighted by atomic mass is 10.1. The van der Waals surface area contributed by atoms with Gasteiger partial charge >= 0.3 is 5.97 Å². The maximum Gasteiger partial charge on any atom is 0.335 e. The molecule has 0 spiro atoms. The van der Waals surface area contributed by atoms with Gasteiger partial charge < -0.3 is 14.9 Å². The van der Waals surface area contributed by atoms with Gasteiger partial charge in [-0.1, -0.05) is 0 Å². The zero-order valence-corrected chi connectivity index (χ0v) is 12.9. The number of carboxylic acid groups (broad SMARTS) is 1. The van der Waals surface area contributed by atoms with Gasteiger partial charge in [0.25, 0.3) is 0 Å². The summed E-state index contributed by atoms with van der Waals surface area (Å²) in [4.78, 5) is 15.6. The predicted octanol–water partition coefficient (Wildman–Crippen LogP) is 2.68. The molecule has 1 aliphatic heterocycles. The van der Waals surface area contributed by atoms with Gasteiger partial charge in [-0.3, -0.25) is 0 Å². The summed E-state index contributed by atoms with van der Waals surface area (Å²) in [5.41, 5.74) is 1.39. The van der Waals surface area contributed by atoms with E-state index in [1.54, 1.807) is 12.1 Å². The molecule has 5 heteroatoms. The van der Waals surface area contributed by atoms with Crippen molar-refractivity contribution >= 4 is 27.6 Å². The highest BCUT2D eigenvalue weighted by atomic mass is 79.9. The van der Waals surface area contributed by atoms with E-state index in [9.17, 15) is 4.79 Å². The molecule has 1 aromatic rings. The second-order valence-corrected chi connectivity index (χ2v) is 5.98.